The van der Waals surface area contributed by atoms with E-state index in [2.05, 4.69) is 16.7 Å². The molecule has 2 N–H and O–H groups in total. The minimum Gasteiger partial charge on any atom is -0.457 e. The van der Waals surface area contributed by atoms with Gasteiger partial charge >= 0.3 is 5.97 Å². The van der Waals surface area contributed by atoms with Crippen molar-refractivity contribution in [1.82, 2.24) is 9.80 Å². The number of hydrogen-bond acceptors (Lipinski definition) is 11. The summed E-state index contributed by atoms with van der Waals surface area (Å²) < 4.78 is 5.37. The monoisotopic (exact) mass is 589 g/mol. The number of rotatable bonds is 10. The number of nitrogens with zero attached hydrogens (tertiary/aromatic N) is 3. The second-order valence-corrected chi connectivity index (χ2v) is 13.2. The average molecular weight is 590 g/mol. The fourth-order valence-corrected chi connectivity index (χ4v) is 8.88. The predicted molar refractivity (Wildman–Crippen MR) is 149 cm³/mol. The lowest BCUT2D eigenvalue weighted by Gasteiger charge is -2.59. The van der Waals surface area contributed by atoms with Crippen LogP contribution in [0.1, 0.15) is 52.4 Å². The van der Waals surface area contributed by atoms with Crippen molar-refractivity contribution in [2.45, 2.75) is 64.1 Å². The molecule has 4 aliphatic carbocycles. The maximum atomic E-state index is 13.5. The second kappa shape index (κ2) is 11.8. The first-order chi connectivity index (χ1) is 19.9. The van der Waals surface area contributed by atoms with Gasteiger partial charge < -0.3 is 24.7 Å². The molecular weight excluding hydrogens is 546 g/mol. The molecule has 5 rings (SSSR count). The van der Waals surface area contributed by atoms with Gasteiger partial charge in [0.1, 0.15) is 5.60 Å². The molecule has 0 aromatic carbocycles. The number of ether oxygens (including phenoxy) is 1. The van der Waals surface area contributed by atoms with Crippen LogP contribution in [0, 0.1) is 38.7 Å². The van der Waals surface area contributed by atoms with Crippen molar-refractivity contribution in [3.05, 3.63) is 33.9 Å². The summed E-state index contributed by atoms with van der Waals surface area (Å²) in [6.45, 7) is 6.91. The molecule has 12 nitrogen and oxygen atoms in total. The first-order valence-corrected chi connectivity index (χ1v) is 15.1. The predicted octanol–water partition coefficient (Wildman–Crippen LogP) is 1.32. The highest BCUT2D eigenvalue weighted by Crippen LogP contribution is 2.67. The molecule has 1 aliphatic heterocycles. The quantitative estimate of drug-likeness (QED) is 0.164. The lowest BCUT2D eigenvalue weighted by molar-refractivity contribution is -0.757. The zero-order chi connectivity index (χ0) is 30.3. The molecule has 0 aromatic heterocycles. The van der Waals surface area contributed by atoms with E-state index in [1.807, 2.05) is 17.9 Å². The van der Waals surface area contributed by atoms with Crippen molar-refractivity contribution in [3.8, 4) is 0 Å². The molecule has 5 aliphatic rings. The average Bonchev–Trinajstić information content (AvgIpc) is 3.21. The van der Waals surface area contributed by atoms with Crippen molar-refractivity contribution >= 4 is 17.5 Å². The molecule has 0 aromatic rings. The minimum atomic E-state index is -1.69. The smallest absolute Gasteiger partial charge is 0.320 e. The van der Waals surface area contributed by atoms with Crippen LogP contribution in [0.4, 0.5) is 0 Å². The van der Waals surface area contributed by atoms with Crippen LogP contribution in [-0.2, 0) is 24.0 Å². The van der Waals surface area contributed by atoms with Crippen molar-refractivity contribution in [2.24, 2.45) is 28.6 Å². The fourth-order valence-electron chi connectivity index (χ4n) is 8.88. The number of ketones is 2. The number of aliphatic hydroxyl groups is 2. The summed E-state index contributed by atoms with van der Waals surface area (Å²) in [4.78, 5) is 56.8. The third-order valence-corrected chi connectivity index (χ3v) is 11.1. The summed E-state index contributed by atoms with van der Waals surface area (Å²) >= 11 is 0. The molecule has 4 unspecified atom stereocenters. The molecule has 0 spiro atoms. The molecule has 42 heavy (non-hydrogen) atoms. The van der Waals surface area contributed by atoms with E-state index in [-0.39, 0.29) is 49.5 Å². The minimum absolute atomic E-state index is 0.0216. The number of esters is 1. The molecule has 232 valence electrons. The van der Waals surface area contributed by atoms with Crippen LogP contribution in [0.3, 0.4) is 0 Å². The standard InChI is InChI=1S/C30H43N3O9/c1-28-8-6-21(34)16-20(28)4-5-22-23-7-9-30(38,29(23,2)17-24(35)27(22)28)25(36)19-41-26(37)18-32-13-11-31(12-14-32)10-3-15-42-33(39)40/h6,8,16,22-24,27,35,38H,3-5,7,9-15,17-19H2,1-2H3/t22?,23?,24?,27?,28-,29-,30-/m0/s1. The van der Waals surface area contributed by atoms with Crippen LogP contribution >= 0.6 is 0 Å². The Morgan fingerprint density at radius 3 is 2.60 bits per heavy atom. The Morgan fingerprint density at radius 2 is 1.88 bits per heavy atom. The van der Waals surface area contributed by atoms with Gasteiger partial charge in [0, 0.05) is 49.5 Å². The largest absolute Gasteiger partial charge is 0.457 e. The van der Waals surface area contributed by atoms with Crippen LogP contribution in [0.15, 0.2) is 23.8 Å². The van der Waals surface area contributed by atoms with Gasteiger partial charge in [0.05, 0.1) is 19.3 Å². The van der Waals surface area contributed by atoms with Crippen molar-refractivity contribution in [3.63, 3.8) is 0 Å². The lowest BCUT2D eigenvalue weighted by atomic mass is 9.46. The molecule has 1 saturated heterocycles. The highest BCUT2D eigenvalue weighted by atomic mass is 16.9. The van der Waals surface area contributed by atoms with Gasteiger partial charge in [-0.1, -0.05) is 25.5 Å². The Hall–Kier alpha value is -2.67. The summed E-state index contributed by atoms with van der Waals surface area (Å²) in [6, 6.07) is 0. The Bertz CT molecular complexity index is 1160. The van der Waals surface area contributed by atoms with Crippen molar-refractivity contribution in [1.29, 1.82) is 0 Å². The number of carbonyl (C=O) groups is 3. The summed E-state index contributed by atoms with van der Waals surface area (Å²) in [7, 11) is 0. The fraction of sp³-hybridized carbons (Fsp3) is 0.767. The number of fused-ring (bicyclic) bond motifs is 5. The van der Waals surface area contributed by atoms with E-state index in [1.165, 1.54) is 0 Å². The highest BCUT2D eigenvalue weighted by molar-refractivity contribution is 6.01. The topological polar surface area (TPSA) is 160 Å². The van der Waals surface area contributed by atoms with E-state index in [1.54, 1.807) is 12.2 Å². The number of hydrogen-bond donors (Lipinski definition) is 2. The number of carbonyl (C=O) groups excluding carboxylic acids is 3. The van der Waals surface area contributed by atoms with Gasteiger partial charge in [-0.3, -0.25) is 19.3 Å². The van der Waals surface area contributed by atoms with Crippen LogP contribution < -0.4 is 0 Å². The molecule has 7 atom stereocenters. The molecular formula is C30H43N3O9. The van der Waals surface area contributed by atoms with Gasteiger partial charge in [-0.15, -0.1) is 10.1 Å². The van der Waals surface area contributed by atoms with Crippen LogP contribution in [-0.4, -0.2) is 107 Å². The SMILES string of the molecule is C[C@]12C=CC(=O)C=C1CCC1C2C(O)C[C@@]2(C)C1CC[C@]2(O)C(=O)COC(=O)CN1CCN(CCCO[N+](=O)[O-])CC1. The van der Waals surface area contributed by atoms with Crippen LogP contribution in [0.25, 0.3) is 0 Å². The van der Waals surface area contributed by atoms with E-state index >= 15 is 0 Å². The summed E-state index contributed by atoms with van der Waals surface area (Å²) in [5.41, 5.74) is -1.90. The molecule has 0 radical (unpaired) electrons. The van der Waals surface area contributed by atoms with E-state index in [4.69, 9.17) is 4.74 Å². The Kier molecular flexibility index (Phi) is 8.63. The zero-order valence-corrected chi connectivity index (χ0v) is 24.5. The summed E-state index contributed by atoms with van der Waals surface area (Å²) in [5, 5.41) is 32.8. The maximum Gasteiger partial charge on any atom is 0.320 e. The normalized spacial score (nSPS) is 38.2. The molecule has 12 heteroatoms. The molecule has 0 amide bonds. The van der Waals surface area contributed by atoms with E-state index in [0.717, 1.165) is 18.4 Å². The van der Waals surface area contributed by atoms with Gasteiger partial charge in [-0.2, -0.15) is 0 Å². The van der Waals surface area contributed by atoms with Gasteiger partial charge in [0.2, 0.25) is 5.78 Å². The van der Waals surface area contributed by atoms with E-state index < -0.39 is 46.0 Å². The van der Waals surface area contributed by atoms with Gasteiger partial charge in [-0.25, -0.2) is 0 Å². The molecule has 3 saturated carbocycles. The molecule has 0 bridgehead atoms. The third kappa shape index (κ3) is 5.54. The maximum absolute atomic E-state index is 13.5. The summed E-state index contributed by atoms with van der Waals surface area (Å²) in [5.74, 6) is -1.03. The first kappa shape index (κ1) is 30.8. The van der Waals surface area contributed by atoms with Crippen LogP contribution in [0.5, 0.6) is 0 Å². The molecule has 4 fully saturated rings. The van der Waals surface area contributed by atoms with Crippen molar-refractivity contribution in [2.75, 3.05) is 52.5 Å². The third-order valence-electron chi connectivity index (χ3n) is 11.1. The highest BCUT2D eigenvalue weighted by Gasteiger charge is 2.68. The van der Waals surface area contributed by atoms with Crippen LogP contribution in [0.2, 0.25) is 0 Å². The lowest BCUT2D eigenvalue weighted by Crippen LogP contribution is -2.61. The second-order valence-electron chi connectivity index (χ2n) is 13.2. The number of Topliss-reactive ketones (excluding diaryl/α,β-unsaturated/α-hetero) is 1. The van der Waals surface area contributed by atoms with Gasteiger partial charge in [0.25, 0.3) is 5.09 Å². The number of allylic oxidation sites excluding steroid dienone is 4. The Morgan fingerprint density at radius 1 is 1.17 bits per heavy atom. The number of piperazine rings is 1. The van der Waals surface area contributed by atoms with E-state index in [0.29, 0.717) is 45.6 Å². The molecule has 1 heterocycles. The Balaban J connectivity index is 1.14. The number of aliphatic hydroxyl groups excluding tert-OH is 1. The van der Waals surface area contributed by atoms with E-state index in [9.17, 15) is 34.7 Å². The van der Waals surface area contributed by atoms with Gasteiger partial charge in [0.15, 0.2) is 12.4 Å². The zero-order valence-electron chi connectivity index (χ0n) is 24.5. The van der Waals surface area contributed by atoms with Gasteiger partial charge in [-0.05, 0) is 62.5 Å². The van der Waals surface area contributed by atoms with Crippen molar-refractivity contribution < 1.29 is 39.3 Å². The summed E-state index contributed by atoms with van der Waals surface area (Å²) in [6.07, 6.45) is 7.76. The Labute approximate surface area is 245 Å². The first-order valence-electron chi connectivity index (χ1n) is 15.1.